The molecule has 0 aliphatic heterocycles. The first kappa shape index (κ1) is 18.0. The Kier molecular flexibility index (Phi) is 5.88. The van der Waals surface area contributed by atoms with Gasteiger partial charge in [-0.05, 0) is 44.7 Å². The lowest BCUT2D eigenvalue weighted by Crippen LogP contribution is -2.13. The predicted octanol–water partition coefficient (Wildman–Crippen LogP) is 3.06. The first-order chi connectivity index (χ1) is 12.7. The van der Waals surface area contributed by atoms with Gasteiger partial charge in [0.15, 0.2) is 11.6 Å². The van der Waals surface area contributed by atoms with Crippen LogP contribution >= 0.6 is 0 Å². The molecule has 0 unspecified atom stereocenters. The summed E-state index contributed by atoms with van der Waals surface area (Å²) in [6.07, 6.45) is 9.62. The van der Waals surface area contributed by atoms with Gasteiger partial charge in [0.25, 0.3) is 0 Å². The second-order valence-electron chi connectivity index (χ2n) is 6.21. The molecule has 7 heteroatoms. The Hall–Kier alpha value is -2.83. The number of ketones is 1. The second kappa shape index (κ2) is 8.51. The Morgan fingerprint density at radius 1 is 1.15 bits per heavy atom. The largest absolute Gasteiger partial charge is 0.463 e. The molecule has 0 amide bonds. The highest BCUT2D eigenvalue weighted by Gasteiger charge is 2.22. The van der Waals surface area contributed by atoms with E-state index in [-0.39, 0.29) is 18.2 Å². The molecule has 2 heterocycles. The van der Waals surface area contributed by atoms with Gasteiger partial charge in [0.2, 0.25) is 0 Å². The van der Waals surface area contributed by atoms with Gasteiger partial charge in [-0.25, -0.2) is 9.78 Å². The molecule has 1 aliphatic rings. The van der Waals surface area contributed by atoms with Gasteiger partial charge in [0, 0.05) is 24.4 Å². The third-order valence-corrected chi connectivity index (χ3v) is 4.43. The predicted molar refractivity (Wildman–Crippen MR) is 94.8 cm³/mol. The number of allylic oxidation sites excluding steroid dienone is 1. The van der Waals surface area contributed by atoms with Crippen LogP contribution in [0.4, 0.5) is 0 Å². The molecule has 0 spiro atoms. The van der Waals surface area contributed by atoms with E-state index in [4.69, 9.17) is 4.74 Å². The van der Waals surface area contributed by atoms with Crippen LogP contribution in [0.25, 0.3) is 5.82 Å². The standard InChI is InChI=1S/C19H22N4O3/c1-2-26-19(25)15-7-5-3-4-6-14(15)12-17(24)16-8-9-18(22-21-16)23-11-10-20-13-23/h8-11,13H,2-7,12H2,1H3. The van der Waals surface area contributed by atoms with E-state index < -0.39 is 0 Å². The Morgan fingerprint density at radius 3 is 2.69 bits per heavy atom. The minimum atomic E-state index is -0.293. The number of nitrogens with zero attached hydrogens (tertiary/aromatic N) is 4. The number of hydrogen-bond donors (Lipinski definition) is 0. The number of esters is 1. The number of rotatable bonds is 6. The second-order valence-corrected chi connectivity index (χ2v) is 6.21. The van der Waals surface area contributed by atoms with Gasteiger partial charge in [0.1, 0.15) is 12.0 Å². The van der Waals surface area contributed by atoms with E-state index in [1.165, 1.54) is 0 Å². The summed E-state index contributed by atoms with van der Waals surface area (Å²) in [4.78, 5) is 28.8. The summed E-state index contributed by atoms with van der Waals surface area (Å²) in [5.41, 5.74) is 1.85. The van der Waals surface area contributed by atoms with E-state index in [0.717, 1.165) is 31.3 Å². The van der Waals surface area contributed by atoms with E-state index in [1.807, 2.05) is 0 Å². The van der Waals surface area contributed by atoms with Crippen LogP contribution in [0, 0.1) is 0 Å². The number of carbonyl (C=O) groups excluding carboxylic acids is 2. The van der Waals surface area contributed by atoms with E-state index in [9.17, 15) is 9.59 Å². The summed E-state index contributed by atoms with van der Waals surface area (Å²) in [5, 5.41) is 8.12. The third kappa shape index (κ3) is 4.22. The van der Waals surface area contributed by atoms with Crippen LogP contribution in [-0.4, -0.2) is 38.1 Å². The number of hydrogen-bond acceptors (Lipinski definition) is 6. The fraction of sp³-hybridized carbons (Fsp3) is 0.421. The van der Waals surface area contributed by atoms with Gasteiger partial charge >= 0.3 is 5.97 Å². The summed E-state index contributed by atoms with van der Waals surface area (Å²) in [6, 6.07) is 3.39. The van der Waals surface area contributed by atoms with Crippen molar-refractivity contribution < 1.29 is 14.3 Å². The van der Waals surface area contributed by atoms with Crippen molar-refractivity contribution in [1.29, 1.82) is 0 Å². The molecule has 0 radical (unpaired) electrons. The molecule has 0 fully saturated rings. The highest BCUT2D eigenvalue weighted by Crippen LogP contribution is 2.28. The Labute approximate surface area is 152 Å². The number of imidazole rings is 1. The molecule has 3 rings (SSSR count). The van der Waals surface area contributed by atoms with Gasteiger partial charge in [-0.1, -0.05) is 12.0 Å². The Balaban J connectivity index is 1.77. The van der Waals surface area contributed by atoms with Crippen LogP contribution in [0.2, 0.25) is 0 Å². The molecule has 7 nitrogen and oxygen atoms in total. The zero-order chi connectivity index (χ0) is 18.4. The van der Waals surface area contributed by atoms with Crippen LogP contribution in [0.1, 0.15) is 55.9 Å². The third-order valence-electron chi connectivity index (χ3n) is 4.43. The van der Waals surface area contributed by atoms with Crippen molar-refractivity contribution in [3.63, 3.8) is 0 Å². The van der Waals surface area contributed by atoms with Crippen molar-refractivity contribution in [1.82, 2.24) is 19.7 Å². The molecule has 2 aromatic heterocycles. The summed E-state index contributed by atoms with van der Waals surface area (Å²) in [5.74, 6) is 0.173. The van der Waals surface area contributed by atoms with Gasteiger partial charge in [0.05, 0.1) is 6.61 Å². The number of Topliss-reactive ketones (excluding diaryl/α,β-unsaturated/α-hetero) is 1. The summed E-state index contributed by atoms with van der Waals surface area (Å²) in [7, 11) is 0. The maximum Gasteiger partial charge on any atom is 0.333 e. The summed E-state index contributed by atoms with van der Waals surface area (Å²) < 4.78 is 6.88. The average molecular weight is 354 g/mol. The molecule has 0 aromatic carbocycles. The van der Waals surface area contributed by atoms with Crippen molar-refractivity contribution >= 4 is 11.8 Å². The minimum Gasteiger partial charge on any atom is -0.463 e. The molecule has 2 aromatic rings. The highest BCUT2D eigenvalue weighted by molar-refractivity contribution is 5.97. The lowest BCUT2D eigenvalue weighted by molar-refractivity contribution is -0.138. The minimum absolute atomic E-state index is 0.131. The van der Waals surface area contributed by atoms with Crippen LogP contribution in [0.15, 0.2) is 42.0 Å². The first-order valence-electron chi connectivity index (χ1n) is 8.92. The number of carbonyl (C=O) groups is 2. The lowest BCUT2D eigenvalue weighted by Gasteiger charge is -2.11. The molecule has 0 N–H and O–H groups in total. The summed E-state index contributed by atoms with van der Waals surface area (Å²) >= 11 is 0. The van der Waals surface area contributed by atoms with Crippen molar-refractivity contribution in [2.24, 2.45) is 0 Å². The Bertz CT molecular complexity index is 795. The SMILES string of the molecule is CCOC(=O)C1=C(CC(=O)c2ccc(-n3ccnc3)nn2)CCCCC1. The van der Waals surface area contributed by atoms with Gasteiger partial charge in [-0.3, -0.25) is 9.36 Å². The molecule has 0 atom stereocenters. The zero-order valence-electron chi connectivity index (χ0n) is 14.9. The highest BCUT2D eigenvalue weighted by atomic mass is 16.5. The quantitative estimate of drug-likeness (QED) is 0.585. The smallest absolute Gasteiger partial charge is 0.333 e. The van der Waals surface area contributed by atoms with E-state index >= 15 is 0 Å². The van der Waals surface area contributed by atoms with Crippen LogP contribution < -0.4 is 0 Å². The first-order valence-corrected chi connectivity index (χ1v) is 8.92. The van der Waals surface area contributed by atoms with E-state index in [0.29, 0.717) is 30.1 Å². The van der Waals surface area contributed by atoms with Crippen molar-refractivity contribution in [3.8, 4) is 5.82 Å². The van der Waals surface area contributed by atoms with Crippen LogP contribution in [-0.2, 0) is 9.53 Å². The van der Waals surface area contributed by atoms with Gasteiger partial charge < -0.3 is 4.74 Å². The maximum atomic E-state index is 12.6. The number of ether oxygens (including phenoxy) is 1. The molecule has 136 valence electrons. The molecule has 0 saturated heterocycles. The van der Waals surface area contributed by atoms with Crippen molar-refractivity contribution in [3.05, 3.63) is 47.7 Å². The maximum absolute atomic E-state index is 12.6. The van der Waals surface area contributed by atoms with Crippen LogP contribution in [0.3, 0.4) is 0 Å². The average Bonchev–Trinajstić information content (AvgIpc) is 3.09. The van der Waals surface area contributed by atoms with Crippen molar-refractivity contribution in [2.75, 3.05) is 6.61 Å². The normalized spacial score (nSPS) is 14.8. The van der Waals surface area contributed by atoms with Crippen LogP contribution in [0.5, 0.6) is 0 Å². The molecule has 1 aliphatic carbocycles. The van der Waals surface area contributed by atoms with Crippen molar-refractivity contribution in [2.45, 2.75) is 45.4 Å². The topological polar surface area (TPSA) is 87.0 Å². The summed E-state index contributed by atoms with van der Waals surface area (Å²) in [6.45, 7) is 2.13. The lowest BCUT2D eigenvalue weighted by atomic mass is 9.97. The molecule has 26 heavy (non-hydrogen) atoms. The Morgan fingerprint density at radius 2 is 2.00 bits per heavy atom. The van der Waals surface area contributed by atoms with Gasteiger partial charge in [-0.2, -0.15) is 0 Å². The fourth-order valence-corrected chi connectivity index (χ4v) is 3.09. The monoisotopic (exact) mass is 354 g/mol. The molecular weight excluding hydrogens is 332 g/mol. The van der Waals surface area contributed by atoms with E-state index in [1.54, 1.807) is 42.3 Å². The number of aromatic nitrogens is 4. The molecule has 0 saturated carbocycles. The van der Waals surface area contributed by atoms with Gasteiger partial charge in [-0.15, -0.1) is 10.2 Å². The molecule has 0 bridgehead atoms. The molecular formula is C19H22N4O3. The van der Waals surface area contributed by atoms with E-state index in [2.05, 4.69) is 15.2 Å². The zero-order valence-corrected chi connectivity index (χ0v) is 14.9. The fourth-order valence-electron chi connectivity index (χ4n) is 3.09.